The third-order valence-electron chi connectivity index (χ3n) is 3.87. The van der Waals surface area contributed by atoms with Crippen LogP contribution in [0.15, 0.2) is 30.3 Å². The standard InChI is InChI=1S/C10H14.C7H14/c1-3-9(2)10-7-5-4-6-8-10;1-7-5-3-2-4-6-7/h4-9H,3H2,1-2H3;7H,2-6H2,1H3. The molecule has 0 aliphatic heterocycles. The molecule has 1 aromatic rings. The SMILES string of the molecule is CC1CCCCC1.CCC(C)c1ccccc1. The van der Waals surface area contributed by atoms with Gasteiger partial charge in [-0.25, -0.2) is 0 Å². The molecule has 0 heteroatoms. The number of rotatable bonds is 2. The summed E-state index contributed by atoms with van der Waals surface area (Å²) >= 11 is 0. The molecule has 2 rings (SSSR count). The van der Waals surface area contributed by atoms with Gasteiger partial charge in [-0.2, -0.15) is 0 Å². The third-order valence-corrected chi connectivity index (χ3v) is 3.87. The molecule has 1 unspecified atom stereocenters. The monoisotopic (exact) mass is 232 g/mol. The van der Waals surface area contributed by atoms with Crippen molar-refractivity contribution in [3.05, 3.63) is 35.9 Å². The topological polar surface area (TPSA) is 0 Å². The van der Waals surface area contributed by atoms with Gasteiger partial charge < -0.3 is 0 Å². The highest BCUT2D eigenvalue weighted by Crippen LogP contribution is 2.22. The van der Waals surface area contributed by atoms with Crippen molar-refractivity contribution in [1.29, 1.82) is 0 Å². The van der Waals surface area contributed by atoms with E-state index in [4.69, 9.17) is 0 Å². The predicted molar refractivity (Wildman–Crippen MR) is 77.4 cm³/mol. The Bertz CT molecular complexity index is 269. The van der Waals surface area contributed by atoms with E-state index in [0.717, 1.165) is 5.92 Å². The maximum absolute atomic E-state index is 2.36. The van der Waals surface area contributed by atoms with Crippen LogP contribution in [0.25, 0.3) is 0 Å². The smallest absolute Gasteiger partial charge is 0.0193 e. The first kappa shape index (κ1) is 14.3. The summed E-state index contributed by atoms with van der Waals surface area (Å²) in [6, 6.07) is 10.6. The van der Waals surface area contributed by atoms with Crippen molar-refractivity contribution in [3.8, 4) is 0 Å². The largest absolute Gasteiger partial charge is 0.0648 e. The Hall–Kier alpha value is -0.780. The van der Waals surface area contributed by atoms with Crippen molar-refractivity contribution < 1.29 is 0 Å². The maximum atomic E-state index is 2.36. The summed E-state index contributed by atoms with van der Waals surface area (Å²) in [5, 5.41) is 0. The fraction of sp³-hybridized carbons (Fsp3) is 0.647. The molecule has 0 bridgehead atoms. The molecule has 0 heterocycles. The van der Waals surface area contributed by atoms with Gasteiger partial charge in [-0.05, 0) is 23.8 Å². The molecule has 0 radical (unpaired) electrons. The van der Waals surface area contributed by atoms with Crippen LogP contribution in [0, 0.1) is 5.92 Å². The first-order valence-corrected chi connectivity index (χ1v) is 7.29. The minimum atomic E-state index is 0.709. The molecule has 17 heavy (non-hydrogen) atoms. The van der Waals surface area contributed by atoms with Gasteiger partial charge in [0, 0.05) is 0 Å². The summed E-state index contributed by atoms with van der Waals surface area (Å²) < 4.78 is 0. The van der Waals surface area contributed by atoms with Gasteiger partial charge in [-0.15, -0.1) is 0 Å². The maximum Gasteiger partial charge on any atom is -0.0193 e. The van der Waals surface area contributed by atoms with Gasteiger partial charge in [0.25, 0.3) is 0 Å². The van der Waals surface area contributed by atoms with Gasteiger partial charge >= 0.3 is 0 Å². The van der Waals surface area contributed by atoms with Gasteiger partial charge in [-0.1, -0.05) is 83.2 Å². The van der Waals surface area contributed by atoms with Crippen molar-refractivity contribution in [2.24, 2.45) is 5.92 Å². The van der Waals surface area contributed by atoms with E-state index in [0.29, 0.717) is 5.92 Å². The van der Waals surface area contributed by atoms with E-state index in [1.165, 1.54) is 44.1 Å². The summed E-state index contributed by atoms with van der Waals surface area (Å²) in [4.78, 5) is 0. The highest BCUT2D eigenvalue weighted by Gasteiger charge is 2.05. The highest BCUT2D eigenvalue weighted by molar-refractivity contribution is 5.18. The molecule has 1 atom stereocenters. The van der Waals surface area contributed by atoms with E-state index >= 15 is 0 Å². The van der Waals surface area contributed by atoms with E-state index in [-0.39, 0.29) is 0 Å². The lowest BCUT2D eigenvalue weighted by Crippen LogP contribution is -1.99. The van der Waals surface area contributed by atoms with Crippen LogP contribution in [0.2, 0.25) is 0 Å². The normalized spacial score (nSPS) is 18.1. The molecule has 0 spiro atoms. The van der Waals surface area contributed by atoms with Gasteiger partial charge in [-0.3, -0.25) is 0 Å². The minimum Gasteiger partial charge on any atom is -0.0648 e. The zero-order valence-corrected chi connectivity index (χ0v) is 11.8. The van der Waals surface area contributed by atoms with E-state index < -0.39 is 0 Å². The lowest BCUT2D eigenvalue weighted by atomic mass is 9.91. The Morgan fingerprint density at radius 2 is 1.65 bits per heavy atom. The van der Waals surface area contributed by atoms with E-state index in [1.54, 1.807) is 0 Å². The first-order valence-electron chi connectivity index (χ1n) is 7.29. The fourth-order valence-electron chi connectivity index (χ4n) is 2.32. The van der Waals surface area contributed by atoms with Gasteiger partial charge in [0.05, 0.1) is 0 Å². The molecule has 0 aromatic heterocycles. The number of hydrogen-bond acceptors (Lipinski definition) is 0. The second-order valence-electron chi connectivity index (χ2n) is 5.46. The molecule has 1 aliphatic carbocycles. The van der Waals surface area contributed by atoms with Crippen LogP contribution >= 0.6 is 0 Å². The molecule has 1 fully saturated rings. The number of benzene rings is 1. The summed E-state index contributed by atoms with van der Waals surface area (Å²) in [7, 11) is 0. The van der Waals surface area contributed by atoms with Crippen LogP contribution in [0.1, 0.15) is 70.8 Å². The zero-order valence-electron chi connectivity index (χ0n) is 11.8. The quantitative estimate of drug-likeness (QED) is 0.605. The van der Waals surface area contributed by atoms with Crippen molar-refractivity contribution in [1.82, 2.24) is 0 Å². The summed E-state index contributed by atoms with van der Waals surface area (Å²) in [6.45, 7) is 6.84. The molecule has 1 saturated carbocycles. The third kappa shape index (κ3) is 5.91. The fourth-order valence-corrected chi connectivity index (χ4v) is 2.32. The van der Waals surface area contributed by atoms with Crippen LogP contribution < -0.4 is 0 Å². The second-order valence-corrected chi connectivity index (χ2v) is 5.46. The Kier molecular flexibility index (Phi) is 7.00. The molecule has 0 saturated heterocycles. The average molecular weight is 232 g/mol. The molecule has 0 amide bonds. The molecular formula is C17H28. The van der Waals surface area contributed by atoms with E-state index in [1.807, 2.05) is 0 Å². The molecule has 0 N–H and O–H groups in total. The van der Waals surface area contributed by atoms with Crippen LogP contribution in [0.3, 0.4) is 0 Å². The Labute approximate surface area is 107 Å². The summed E-state index contributed by atoms with van der Waals surface area (Å²) in [5.74, 6) is 1.75. The molecular weight excluding hydrogens is 204 g/mol. The van der Waals surface area contributed by atoms with Crippen LogP contribution in [-0.4, -0.2) is 0 Å². The molecule has 96 valence electrons. The van der Waals surface area contributed by atoms with Gasteiger partial charge in [0.1, 0.15) is 0 Å². The minimum absolute atomic E-state index is 0.709. The van der Waals surface area contributed by atoms with Crippen LogP contribution in [-0.2, 0) is 0 Å². The van der Waals surface area contributed by atoms with Crippen LogP contribution in [0.4, 0.5) is 0 Å². The summed E-state index contributed by atoms with van der Waals surface area (Å²) in [6.07, 6.45) is 8.66. The van der Waals surface area contributed by atoms with E-state index in [9.17, 15) is 0 Å². The van der Waals surface area contributed by atoms with Gasteiger partial charge in [0.2, 0.25) is 0 Å². The van der Waals surface area contributed by atoms with Crippen molar-refractivity contribution >= 4 is 0 Å². The van der Waals surface area contributed by atoms with E-state index in [2.05, 4.69) is 51.1 Å². The predicted octanol–water partition coefficient (Wildman–Crippen LogP) is 5.79. The first-order chi connectivity index (χ1) is 8.24. The highest BCUT2D eigenvalue weighted by atomic mass is 14.1. The van der Waals surface area contributed by atoms with Crippen molar-refractivity contribution in [3.63, 3.8) is 0 Å². The van der Waals surface area contributed by atoms with Crippen LogP contribution in [0.5, 0.6) is 0 Å². The Morgan fingerprint density at radius 3 is 2.06 bits per heavy atom. The summed E-state index contributed by atoms with van der Waals surface area (Å²) in [5.41, 5.74) is 1.45. The molecule has 0 nitrogen and oxygen atoms in total. The Morgan fingerprint density at radius 1 is 1.06 bits per heavy atom. The molecule has 1 aliphatic rings. The Balaban J connectivity index is 0.000000181. The number of hydrogen-bond donors (Lipinski definition) is 0. The second kappa shape index (κ2) is 8.33. The van der Waals surface area contributed by atoms with Crippen molar-refractivity contribution in [2.45, 2.75) is 65.2 Å². The molecule has 1 aromatic carbocycles. The lowest BCUT2D eigenvalue weighted by Gasteiger charge is -2.15. The van der Waals surface area contributed by atoms with Crippen molar-refractivity contribution in [2.75, 3.05) is 0 Å². The van der Waals surface area contributed by atoms with Gasteiger partial charge in [0.15, 0.2) is 0 Å². The zero-order chi connectivity index (χ0) is 12.5. The average Bonchev–Trinajstić information content (AvgIpc) is 2.40. The lowest BCUT2D eigenvalue weighted by molar-refractivity contribution is 0.385.